The first-order chi connectivity index (χ1) is 12.2. The Bertz CT molecular complexity index is 868. The minimum absolute atomic E-state index is 0.0724. The third-order valence-electron chi connectivity index (χ3n) is 4.91. The van der Waals surface area contributed by atoms with Gasteiger partial charge in [-0.3, -0.25) is 4.79 Å². The summed E-state index contributed by atoms with van der Waals surface area (Å²) in [6.07, 6.45) is 12.1. The van der Waals surface area contributed by atoms with E-state index in [-0.39, 0.29) is 18.0 Å². The lowest BCUT2D eigenvalue weighted by Gasteiger charge is -2.21. The van der Waals surface area contributed by atoms with Crippen LogP contribution in [-0.4, -0.2) is 31.3 Å². The molecule has 128 valence electrons. The third kappa shape index (κ3) is 3.07. The van der Waals surface area contributed by atoms with E-state index in [2.05, 4.69) is 20.0 Å². The monoisotopic (exact) mass is 335 g/mol. The summed E-state index contributed by atoms with van der Waals surface area (Å²) in [6, 6.07) is 8.40. The second-order valence-corrected chi connectivity index (χ2v) is 6.55. The van der Waals surface area contributed by atoms with Gasteiger partial charge in [0.05, 0.1) is 29.8 Å². The van der Waals surface area contributed by atoms with Crippen LogP contribution in [-0.2, 0) is 0 Å². The van der Waals surface area contributed by atoms with Gasteiger partial charge >= 0.3 is 0 Å². The lowest BCUT2D eigenvalue weighted by molar-refractivity contribution is 0.0929. The zero-order valence-corrected chi connectivity index (χ0v) is 14.2. The Morgan fingerprint density at radius 1 is 1.28 bits per heavy atom. The van der Waals surface area contributed by atoms with E-state index in [0.29, 0.717) is 5.56 Å². The van der Waals surface area contributed by atoms with E-state index in [4.69, 9.17) is 0 Å². The van der Waals surface area contributed by atoms with Crippen molar-refractivity contribution < 1.29 is 4.79 Å². The topological polar surface area (TPSA) is 64.7 Å². The highest BCUT2D eigenvalue weighted by Gasteiger charge is 2.30. The van der Waals surface area contributed by atoms with Gasteiger partial charge in [-0.25, -0.2) is 9.67 Å². The van der Waals surface area contributed by atoms with Crippen LogP contribution in [0.15, 0.2) is 55.4 Å². The van der Waals surface area contributed by atoms with Crippen LogP contribution in [0.3, 0.4) is 0 Å². The third-order valence-corrected chi connectivity index (χ3v) is 4.91. The molecule has 2 heterocycles. The van der Waals surface area contributed by atoms with E-state index >= 15 is 0 Å². The minimum atomic E-state index is -0.0724. The number of rotatable bonds is 4. The van der Waals surface area contributed by atoms with Gasteiger partial charge in [-0.1, -0.05) is 18.2 Å². The van der Waals surface area contributed by atoms with Crippen LogP contribution in [0.4, 0.5) is 0 Å². The largest absolute Gasteiger partial charge is 0.347 e. The molecule has 0 unspecified atom stereocenters. The Balaban J connectivity index is 1.49. The molecule has 1 saturated carbocycles. The van der Waals surface area contributed by atoms with Crippen LogP contribution in [0.5, 0.6) is 0 Å². The number of carbonyl (C=O) groups excluding carboxylic acids is 1. The van der Waals surface area contributed by atoms with Crippen LogP contribution in [0, 0.1) is 6.92 Å². The molecule has 6 heteroatoms. The first-order valence-electron chi connectivity index (χ1n) is 8.61. The van der Waals surface area contributed by atoms with Gasteiger partial charge in [-0.15, -0.1) is 0 Å². The molecule has 0 spiro atoms. The van der Waals surface area contributed by atoms with Crippen molar-refractivity contribution in [2.75, 3.05) is 0 Å². The number of hydrogen-bond donors (Lipinski definition) is 1. The van der Waals surface area contributed by atoms with Gasteiger partial charge in [-0.05, 0) is 37.8 Å². The van der Waals surface area contributed by atoms with Gasteiger partial charge in [0.1, 0.15) is 0 Å². The molecule has 0 bridgehead atoms. The Kier molecular flexibility index (Phi) is 4.09. The summed E-state index contributed by atoms with van der Waals surface area (Å²) in [5.41, 5.74) is 2.69. The van der Waals surface area contributed by atoms with Crippen LogP contribution in [0.1, 0.15) is 41.2 Å². The molecule has 25 heavy (non-hydrogen) atoms. The molecule has 1 aliphatic carbocycles. The van der Waals surface area contributed by atoms with E-state index in [9.17, 15) is 4.79 Å². The van der Waals surface area contributed by atoms with Crippen molar-refractivity contribution >= 4 is 5.91 Å². The highest BCUT2D eigenvalue weighted by molar-refractivity contribution is 5.94. The van der Waals surface area contributed by atoms with Gasteiger partial charge in [0, 0.05) is 24.6 Å². The van der Waals surface area contributed by atoms with Crippen LogP contribution >= 0.6 is 0 Å². The minimum Gasteiger partial charge on any atom is -0.347 e. The highest BCUT2D eigenvalue weighted by Crippen LogP contribution is 2.30. The number of nitrogens with zero attached hydrogens (tertiary/aromatic N) is 4. The smallest absolute Gasteiger partial charge is 0.254 e. The van der Waals surface area contributed by atoms with Crippen molar-refractivity contribution in [1.29, 1.82) is 0 Å². The first-order valence-corrected chi connectivity index (χ1v) is 8.61. The summed E-state index contributed by atoms with van der Waals surface area (Å²) in [4.78, 5) is 16.8. The van der Waals surface area contributed by atoms with Crippen LogP contribution in [0.2, 0.25) is 0 Å². The average molecular weight is 335 g/mol. The molecular formula is C19H21N5O. The molecule has 0 radical (unpaired) electrons. The standard InChI is InChI=1S/C19H21N5O/c1-14-5-2-3-7-17(14)24-12-15(11-21-24)19(25)22-16-6-4-8-18(16)23-10-9-20-13-23/h2-3,5,7,9-13,16,18H,4,6,8H2,1H3,(H,22,25)/t16-,18-/m0/s1. The number of aryl methyl sites for hydroxylation is 1. The Labute approximate surface area is 146 Å². The maximum Gasteiger partial charge on any atom is 0.254 e. The van der Waals surface area contributed by atoms with Gasteiger partial charge in [0.25, 0.3) is 5.91 Å². The molecule has 1 aliphatic rings. The van der Waals surface area contributed by atoms with Crippen molar-refractivity contribution in [3.63, 3.8) is 0 Å². The Morgan fingerprint density at radius 3 is 2.96 bits per heavy atom. The van der Waals surface area contributed by atoms with E-state index in [1.807, 2.05) is 43.7 Å². The zero-order valence-electron chi connectivity index (χ0n) is 14.2. The lowest BCUT2D eigenvalue weighted by atomic mass is 10.1. The predicted molar refractivity (Wildman–Crippen MR) is 94.7 cm³/mol. The van der Waals surface area contributed by atoms with E-state index in [0.717, 1.165) is 30.5 Å². The molecule has 2 atom stereocenters. The quantitative estimate of drug-likeness (QED) is 0.797. The highest BCUT2D eigenvalue weighted by atomic mass is 16.1. The molecule has 4 rings (SSSR count). The fraction of sp³-hybridized carbons (Fsp3) is 0.316. The number of carbonyl (C=O) groups is 1. The SMILES string of the molecule is Cc1ccccc1-n1cc(C(=O)N[C@H]2CCC[C@@H]2n2ccnc2)cn1. The number of benzene rings is 1. The van der Waals surface area contributed by atoms with Gasteiger partial charge in [0.2, 0.25) is 0 Å². The van der Waals surface area contributed by atoms with Crippen molar-refractivity contribution in [2.24, 2.45) is 0 Å². The Hall–Kier alpha value is -2.89. The van der Waals surface area contributed by atoms with E-state index < -0.39 is 0 Å². The maximum atomic E-state index is 12.7. The van der Waals surface area contributed by atoms with Crippen LogP contribution < -0.4 is 5.32 Å². The molecule has 3 aromatic rings. The van der Waals surface area contributed by atoms with Gasteiger partial charge in [0.15, 0.2) is 0 Å². The summed E-state index contributed by atoms with van der Waals surface area (Å²) in [6.45, 7) is 2.03. The van der Waals surface area contributed by atoms with Crippen molar-refractivity contribution in [1.82, 2.24) is 24.6 Å². The molecule has 2 aromatic heterocycles. The predicted octanol–water partition coefficient (Wildman–Crippen LogP) is 2.90. The molecular weight excluding hydrogens is 314 g/mol. The summed E-state index contributed by atoms with van der Waals surface area (Å²) >= 11 is 0. The van der Waals surface area contributed by atoms with Crippen LogP contribution in [0.25, 0.3) is 5.69 Å². The van der Waals surface area contributed by atoms with Crippen molar-refractivity contribution in [2.45, 2.75) is 38.3 Å². The lowest BCUT2D eigenvalue weighted by Crippen LogP contribution is -2.38. The zero-order chi connectivity index (χ0) is 17.2. The van der Waals surface area contributed by atoms with E-state index in [1.165, 1.54) is 0 Å². The molecule has 0 aliphatic heterocycles. The summed E-state index contributed by atoms with van der Waals surface area (Å²) < 4.78 is 3.85. The fourth-order valence-corrected chi connectivity index (χ4v) is 3.58. The maximum absolute atomic E-state index is 12.7. The normalized spacial score (nSPS) is 19.9. The fourth-order valence-electron chi connectivity index (χ4n) is 3.58. The average Bonchev–Trinajstić information content (AvgIpc) is 3.36. The van der Waals surface area contributed by atoms with Crippen molar-refractivity contribution in [3.05, 3.63) is 66.5 Å². The first kappa shape index (κ1) is 15.6. The molecule has 0 saturated heterocycles. The molecule has 6 nitrogen and oxygen atoms in total. The number of amides is 1. The van der Waals surface area contributed by atoms with Crippen molar-refractivity contribution in [3.8, 4) is 5.69 Å². The second kappa shape index (κ2) is 6.55. The summed E-state index contributed by atoms with van der Waals surface area (Å²) in [7, 11) is 0. The number of imidazole rings is 1. The number of para-hydroxylation sites is 1. The number of aromatic nitrogens is 4. The van der Waals surface area contributed by atoms with Gasteiger partial charge in [-0.2, -0.15) is 5.10 Å². The molecule has 1 amide bonds. The number of nitrogens with one attached hydrogen (secondary N) is 1. The molecule has 1 N–H and O–H groups in total. The molecule has 1 aromatic carbocycles. The summed E-state index contributed by atoms with van der Waals surface area (Å²) in [5.74, 6) is -0.0724. The number of hydrogen-bond acceptors (Lipinski definition) is 3. The van der Waals surface area contributed by atoms with E-state index in [1.54, 1.807) is 23.3 Å². The second-order valence-electron chi connectivity index (χ2n) is 6.55. The summed E-state index contributed by atoms with van der Waals surface area (Å²) in [5, 5.41) is 7.52. The van der Waals surface area contributed by atoms with Gasteiger partial charge < -0.3 is 9.88 Å². The Morgan fingerprint density at radius 2 is 2.16 bits per heavy atom. The molecule has 1 fully saturated rings.